The number of morpholine rings is 1. The zero-order valence-electron chi connectivity index (χ0n) is 13.9. The molecule has 0 bridgehead atoms. The van der Waals surface area contributed by atoms with Crippen molar-refractivity contribution in [2.45, 2.75) is 6.92 Å². The summed E-state index contributed by atoms with van der Waals surface area (Å²) in [6.07, 6.45) is 1.39. The van der Waals surface area contributed by atoms with Crippen molar-refractivity contribution in [3.05, 3.63) is 42.4 Å². The zero-order chi connectivity index (χ0) is 17.6. The first-order chi connectivity index (χ1) is 12.1. The van der Waals surface area contributed by atoms with Crippen molar-refractivity contribution in [1.29, 1.82) is 0 Å². The predicted molar refractivity (Wildman–Crippen MR) is 93.8 cm³/mol. The molecular formula is C17H19N5O3. The number of aromatic nitrogens is 2. The van der Waals surface area contributed by atoms with Gasteiger partial charge in [-0.3, -0.25) is 9.59 Å². The van der Waals surface area contributed by atoms with Crippen molar-refractivity contribution in [2.75, 3.05) is 41.8 Å². The van der Waals surface area contributed by atoms with Gasteiger partial charge in [0.1, 0.15) is 17.8 Å². The molecule has 2 heterocycles. The molecule has 8 heteroatoms. The first-order valence-electron chi connectivity index (χ1n) is 7.95. The largest absolute Gasteiger partial charge is 0.378 e. The average molecular weight is 341 g/mol. The van der Waals surface area contributed by atoms with Gasteiger partial charge < -0.3 is 20.3 Å². The highest BCUT2D eigenvalue weighted by Gasteiger charge is 2.15. The van der Waals surface area contributed by atoms with E-state index in [0.29, 0.717) is 36.1 Å². The van der Waals surface area contributed by atoms with Gasteiger partial charge in [-0.15, -0.1) is 0 Å². The Hall–Kier alpha value is -3.00. The Balaban J connectivity index is 1.67. The smallest absolute Gasteiger partial charge is 0.274 e. The second kappa shape index (κ2) is 7.71. The number of carbonyl (C=O) groups excluding carboxylic acids is 2. The fourth-order valence-corrected chi connectivity index (χ4v) is 2.47. The molecule has 0 spiro atoms. The molecule has 2 amide bonds. The molecular weight excluding hydrogens is 322 g/mol. The third kappa shape index (κ3) is 4.51. The van der Waals surface area contributed by atoms with Gasteiger partial charge in [-0.1, -0.05) is 0 Å². The lowest BCUT2D eigenvalue weighted by Gasteiger charge is -2.27. The molecule has 25 heavy (non-hydrogen) atoms. The molecule has 1 aliphatic rings. The van der Waals surface area contributed by atoms with E-state index in [9.17, 15) is 9.59 Å². The number of benzene rings is 1. The summed E-state index contributed by atoms with van der Waals surface area (Å²) in [5, 5.41) is 5.46. The molecule has 0 saturated carbocycles. The van der Waals surface area contributed by atoms with Crippen LogP contribution >= 0.6 is 0 Å². The van der Waals surface area contributed by atoms with E-state index >= 15 is 0 Å². The Labute approximate surface area is 145 Å². The van der Waals surface area contributed by atoms with Gasteiger partial charge in [-0.05, 0) is 24.3 Å². The second-order valence-electron chi connectivity index (χ2n) is 5.57. The number of amides is 2. The molecule has 1 aromatic carbocycles. The second-order valence-corrected chi connectivity index (χ2v) is 5.57. The number of nitrogens with one attached hydrogen (secondary N) is 2. The van der Waals surface area contributed by atoms with E-state index in [0.717, 1.165) is 13.1 Å². The fraction of sp³-hybridized carbons (Fsp3) is 0.294. The summed E-state index contributed by atoms with van der Waals surface area (Å²) < 4.78 is 5.32. The molecule has 2 N–H and O–H groups in total. The number of hydrogen-bond acceptors (Lipinski definition) is 6. The SMILES string of the molecule is CC(=O)Nc1ccc(NC(=O)c2cc(N3CCOCC3)ncn2)cc1. The monoisotopic (exact) mass is 341 g/mol. The van der Waals surface area contributed by atoms with E-state index in [4.69, 9.17) is 4.74 Å². The number of carbonyl (C=O) groups is 2. The Kier molecular flexibility index (Phi) is 5.20. The molecule has 0 atom stereocenters. The van der Waals surface area contributed by atoms with Crippen LogP contribution in [-0.2, 0) is 9.53 Å². The van der Waals surface area contributed by atoms with Crippen molar-refractivity contribution in [2.24, 2.45) is 0 Å². The van der Waals surface area contributed by atoms with Crippen LogP contribution in [0, 0.1) is 0 Å². The van der Waals surface area contributed by atoms with Gasteiger partial charge in [-0.25, -0.2) is 9.97 Å². The van der Waals surface area contributed by atoms with Gasteiger partial charge in [0.15, 0.2) is 0 Å². The summed E-state index contributed by atoms with van der Waals surface area (Å²) in [5.74, 6) is 0.252. The normalized spacial score (nSPS) is 14.0. The fourth-order valence-electron chi connectivity index (χ4n) is 2.47. The Morgan fingerprint density at radius 3 is 2.32 bits per heavy atom. The van der Waals surface area contributed by atoms with E-state index in [1.165, 1.54) is 13.3 Å². The predicted octanol–water partition coefficient (Wildman–Crippen LogP) is 1.52. The molecule has 1 aromatic heterocycles. The molecule has 1 saturated heterocycles. The molecule has 1 aliphatic heterocycles. The van der Waals surface area contributed by atoms with Crippen molar-refractivity contribution >= 4 is 29.0 Å². The summed E-state index contributed by atoms with van der Waals surface area (Å²) in [7, 11) is 0. The number of nitrogens with zero attached hydrogens (tertiary/aromatic N) is 3. The lowest BCUT2D eigenvalue weighted by molar-refractivity contribution is -0.114. The highest BCUT2D eigenvalue weighted by atomic mass is 16.5. The molecule has 0 aliphatic carbocycles. The molecule has 2 aromatic rings. The summed E-state index contributed by atoms with van der Waals surface area (Å²) in [6, 6.07) is 8.54. The molecule has 1 fully saturated rings. The Bertz CT molecular complexity index is 757. The topological polar surface area (TPSA) is 96.5 Å². The van der Waals surface area contributed by atoms with Crippen LogP contribution in [0.4, 0.5) is 17.2 Å². The minimum atomic E-state index is -0.316. The van der Waals surface area contributed by atoms with Gasteiger partial charge in [-0.2, -0.15) is 0 Å². The van der Waals surface area contributed by atoms with Crippen LogP contribution in [0.2, 0.25) is 0 Å². The zero-order valence-corrected chi connectivity index (χ0v) is 13.9. The van der Waals surface area contributed by atoms with Gasteiger partial charge in [0, 0.05) is 37.5 Å². The van der Waals surface area contributed by atoms with Crippen LogP contribution in [0.15, 0.2) is 36.7 Å². The Morgan fingerprint density at radius 1 is 1.04 bits per heavy atom. The lowest BCUT2D eigenvalue weighted by Crippen LogP contribution is -2.37. The standard InChI is InChI=1S/C17H19N5O3/c1-12(23)20-13-2-4-14(5-3-13)21-17(24)15-10-16(19-11-18-15)22-6-8-25-9-7-22/h2-5,10-11H,6-9H2,1H3,(H,20,23)(H,21,24). The van der Waals surface area contributed by atoms with Crippen LogP contribution < -0.4 is 15.5 Å². The third-order valence-corrected chi connectivity index (χ3v) is 3.68. The van der Waals surface area contributed by atoms with Crippen molar-refractivity contribution in [3.8, 4) is 0 Å². The van der Waals surface area contributed by atoms with Crippen LogP contribution in [0.3, 0.4) is 0 Å². The summed E-state index contributed by atoms with van der Waals surface area (Å²) in [6.45, 7) is 4.21. The van der Waals surface area contributed by atoms with Gasteiger partial charge in [0.05, 0.1) is 13.2 Å². The first-order valence-corrected chi connectivity index (χ1v) is 7.95. The number of hydrogen-bond donors (Lipinski definition) is 2. The minimum Gasteiger partial charge on any atom is -0.378 e. The lowest BCUT2D eigenvalue weighted by atomic mass is 10.2. The molecule has 3 rings (SSSR count). The summed E-state index contributed by atoms with van der Waals surface area (Å²) in [4.78, 5) is 33.8. The van der Waals surface area contributed by atoms with Gasteiger partial charge >= 0.3 is 0 Å². The molecule has 130 valence electrons. The number of anilines is 3. The maximum absolute atomic E-state index is 12.4. The van der Waals surface area contributed by atoms with E-state index in [1.807, 2.05) is 0 Å². The van der Waals surface area contributed by atoms with E-state index in [-0.39, 0.29) is 11.8 Å². The van der Waals surface area contributed by atoms with Crippen molar-refractivity contribution < 1.29 is 14.3 Å². The molecule has 0 unspecified atom stereocenters. The van der Waals surface area contributed by atoms with Crippen LogP contribution in [0.25, 0.3) is 0 Å². The summed E-state index contributed by atoms with van der Waals surface area (Å²) in [5.41, 5.74) is 1.58. The maximum atomic E-state index is 12.4. The number of rotatable bonds is 4. The highest BCUT2D eigenvalue weighted by Crippen LogP contribution is 2.16. The van der Waals surface area contributed by atoms with Crippen molar-refractivity contribution in [3.63, 3.8) is 0 Å². The van der Waals surface area contributed by atoms with E-state index in [1.54, 1.807) is 30.3 Å². The first kappa shape index (κ1) is 16.8. The highest BCUT2D eigenvalue weighted by molar-refractivity contribution is 6.03. The minimum absolute atomic E-state index is 0.145. The van der Waals surface area contributed by atoms with Crippen LogP contribution in [0.1, 0.15) is 17.4 Å². The van der Waals surface area contributed by atoms with Crippen LogP contribution in [0.5, 0.6) is 0 Å². The quantitative estimate of drug-likeness (QED) is 0.875. The van der Waals surface area contributed by atoms with Gasteiger partial charge in [0.2, 0.25) is 5.91 Å². The third-order valence-electron chi connectivity index (χ3n) is 3.68. The van der Waals surface area contributed by atoms with Gasteiger partial charge in [0.25, 0.3) is 5.91 Å². The maximum Gasteiger partial charge on any atom is 0.274 e. The molecule has 0 radical (unpaired) electrons. The molecule has 8 nitrogen and oxygen atoms in total. The van der Waals surface area contributed by atoms with E-state index < -0.39 is 0 Å². The van der Waals surface area contributed by atoms with E-state index in [2.05, 4.69) is 25.5 Å². The average Bonchev–Trinajstić information content (AvgIpc) is 2.64. The van der Waals surface area contributed by atoms with Crippen LogP contribution in [-0.4, -0.2) is 48.1 Å². The van der Waals surface area contributed by atoms with Crippen molar-refractivity contribution in [1.82, 2.24) is 9.97 Å². The number of ether oxygens (including phenoxy) is 1. The Morgan fingerprint density at radius 2 is 1.68 bits per heavy atom. The summed E-state index contributed by atoms with van der Waals surface area (Å²) >= 11 is 0.